The lowest BCUT2D eigenvalue weighted by Crippen LogP contribution is -2.48. The van der Waals surface area contributed by atoms with E-state index in [9.17, 15) is 9.90 Å². The molecule has 16 heavy (non-hydrogen) atoms. The zero-order valence-electron chi connectivity index (χ0n) is 10.1. The molecule has 1 amide bonds. The molecule has 4 nitrogen and oxygen atoms in total. The average molecular weight is 244 g/mol. The van der Waals surface area contributed by atoms with Crippen LogP contribution in [0.15, 0.2) is 0 Å². The number of nitrogens with zero attached hydrogens (tertiary/aromatic N) is 1. The van der Waals surface area contributed by atoms with Crippen LogP contribution < -0.4 is 5.73 Å². The first kappa shape index (κ1) is 13.4. The molecule has 0 aromatic rings. The number of β-amino-alcohol motifs (C(OH)–C–C–N with tert-alkyl or cyclic N) is 1. The van der Waals surface area contributed by atoms with E-state index < -0.39 is 11.0 Å². The van der Waals surface area contributed by atoms with Crippen molar-refractivity contribution < 1.29 is 9.90 Å². The molecule has 1 aliphatic rings. The van der Waals surface area contributed by atoms with Crippen molar-refractivity contribution in [1.82, 2.24) is 4.90 Å². The minimum absolute atomic E-state index is 0.0692. The van der Waals surface area contributed by atoms with Gasteiger partial charge in [0, 0.05) is 13.1 Å². The quantitative estimate of drug-likeness (QED) is 0.716. The maximum absolute atomic E-state index is 12.3. The average Bonchev–Trinajstić information content (AvgIpc) is 2.56. The highest BCUT2D eigenvalue weighted by atomic mass is 32.1. The van der Waals surface area contributed by atoms with Crippen molar-refractivity contribution in [1.29, 1.82) is 0 Å². The van der Waals surface area contributed by atoms with Crippen LogP contribution in [-0.2, 0) is 4.79 Å². The summed E-state index contributed by atoms with van der Waals surface area (Å²) in [4.78, 5) is 14.2. The maximum Gasteiger partial charge on any atom is 0.235 e. The van der Waals surface area contributed by atoms with E-state index in [0.717, 1.165) is 0 Å². The molecule has 92 valence electrons. The molecule has 0 bridgehead atoms. The van der Waals surface area contributed by atoms with Gasteiger partial charge in [0.2, 0.25) is 5.91 Å². The highest BCUT2D eigenvalue weighted by molar-refractivity contribution is 7.80. The van der Waals surface area contributed by atoms with Gasteiger partial charge in [-0.3, -0.25) is 4.79 Å². The minimum Gasteiger partial charge on any atom is -0.392 e. The van der Waals surface area contributed by atoms with Gasteiger partial charge in [-0.2, -0.15) is 0 Å². The molecule has 0 aliphatic carbocycles. The van der Waals surface area contributed by atoms with Gasteiger partial charge in [-0.25, -0.2) is 0 Å². The normalized spacial score (nSPS) is 28.9. The van der Waals surface area contributed by atoms with Crippen molar-refractivity contribution in [3.8, 4) is 0 Å². The molecule has 0 aromatic heterocycles. The first-order valence-corrected chi connectivity index (χ1v) is 5.95. The van der Waals surface area contributed by atoms with E-state index in [1.54, 1.807) is 18.7 Å². The number of amides is 1. The van der Waals surface area contributed by atoms with Crippen LogP contribution in [0.2, 0.25) is 0 Å². The second-order valence-corrected chi connectivity index (χ2v) is 5.46. The monoisotopic (exact) mass is 244 g/mol. The van der Waals surface area contributed by atoms with Crippen LogP contribution in [0.3, 0.4) is 0 Å². The zero-order valence-corrected chi connectivity index (χ0v) is 10.9. The van der Waals surface area contributed by atoms with Crippen molar-refractivity contribution in [3.63, 3.8) is 0 Å². The van der Waals surface area contributed by atoms with E-state index in [-0.39, 0.29) is 10.9 Å². The summed E-state index contributed by atoms with van der Waals surface area (Å²) in [5, 5.41) is 9.83. The first-order chi connectivity index (χ1) is 7.23. The Morgan fingerprint density at radius 1 is 1.69 bits per heavy atom. The van der Waals surface area contributed by atoms with Crippen LogP contribution in [0.25, 0.3) is 0 Å². The Hall–Kier alpha value is -0.680. The second kappa shape index (κ2) is 4.30. The zero-order chi connectivity index (χ0) is 12.6. The maximum atomic E-state index is 12.3. The lowest BCUT2D eigenvalue weighted by molar-refractivity contribution is -0.137. The summed E-state index contributed by atoms with van der Waals surface area (Å²) in [6, 6.07) is 0. The standard InChI is InChI=1S/C11H20N2O2S/c1-4-11(3,8(12)16)9(14)13-6-5-10(2,15)7-13/h15H,4-7H2,1-3H3,(H2,12,16). The molecule has 2 unspecified atom stereocenters. The van der Waals surface area contributed by atoms with E-state index in [2.05, 4.69) is 0 Å². The van der Waals surface area contributed by atoms with Crippen LogP contribution >= 0.6 is 12.2 Å². The Morgan fingerprint density at radius 3 is 2.56 bits per heavy atom. The van der Waals surface area contributed by atoms with Crippen molar-refractivity contribution in [2.45, 2.75) is 39.2 Å². The molecular weight excluding hydrogens is 224 g/mol. The van der Waals surface area contributed by atoms with E-state index in [1.807, 2.05) is 6.92 Å². The molecule has 0 saturated carbocycles. The van der Waals surface area contributed by atoms with Crippen molar-refractivity contribution in [2.24, 2.45) is 11.1 Å². The lowest BCUT2D eigenvalue weighted by Gasteiger charge is -2.31. The third-order valence-electron chi connectivity index (χ3n) is 3.46. The van der Waals surface area contributed by atoms with Crippen LogP contribution in [0.1, 0.15) is 33.6 Å². The Kier molecular flexibility index (Phi) is 3.59. The molecule has 0 aromatic carbocycles. The molecule has 3 N–H and O–H groups in total. The third-order valence-corrected chi connectivity index (χ3v) is 3.91. The fraction of sp³-hybridized carbons (Fsp3) is 0.818. The van der Waals surface area contributed by atoms with Gasteiger partial charge < -0.3 is 15.7 Å². The predicted octanol–water partition coefficient (Wildman–Crippen LogP) is 0.672. The molecule has 2 atom stereocenters. The van der Waals surface area contributed by atoms with Gasteiger partial charge in [0.1, 0.15) is 0 Å². The summed E-state index contributed by atoms with van der Waals surface area (Å²) >= 11 is 4.97. The Labute approximate surface area is 102 Å². The molecule has 1 aliphatic heterocycles. The summed E-state index contributed by atoms with van der Waals surface area (Å²) in [6.07, 6.45) is 1.19. The van der Waals surface area contributed by atoms with Gasteiger partial charge >= 0.3 is 0 Å². The van der Waals surface area contributed by atoms with Crippen molar-refractivity contribution in [3.05, 3.63) is 0 Å². The summed E-state index contributed by atoms with van der Waals surface area (Å²) < 4.78 is 0. The van der Waals surface area contributed by atoms with Gasteiger partial charge in [0.05, 0.1) is 16.0 Å². The molecular formula is C11H20N2O2S. The highest BCUT2D eigenvalue weighted by Crippen LogP contribution is 2.29. The largest absolute Gasteiger partial charge is 0.392 e. The molecule has 0 radical (unpaired) electrons. The predicted molar refractivity (Wildman–Crippen MR) is 67.0 cm³/mol. The van der Waals surface area contributed by atoms with Crippen molar-refractivity contribution >= 4 is 23.1 Å². The summed E-state index contributed by atoms with van der Waals surface area (Å²) in [7, 11) is 0. The number of aliphatic hydroxyl groups is 1. The van der Waals surface area contributed by atoms with E-state index >= 15 is 0 Å². The van der Waals surface area contributed by atoms with E-state index in [4.69, 9.17) is 18.0 Å². The van der Waals surface area contributed by atoms with E-state index in [0.29, 0.717) is 25.9 Å². The number of likely N-dealkylation sites (tertiary alicyclic amines) is 1. The number of rotatable bonds is 3. The van der Waals surface area contributed by atoms with Crippen LogP contribution in [0, 0.1) is 5.41 Å². The Bertz CT molecular complexity index is 317. The molecule has 1 saturated heterocycles. The fourth-order valence-corrected chi connectivity index (χ4v) is 2.13. The minimum atomic E-state index is -0.782. The molecule has 5 heteroatoms. The van der Waals surface area contributed by atoms with Gasteiger partial charge in [-0.05, 0) is 26.7 Å². The van der Waals surface area contributed by atoms with E-state index in [1.165, 1.54) is 0 Å². The van der Waals surface area contributed by atoms with Gasteiger partial charge in [-0.15, -0.1) is 0 Å². The summed E-state index contributed by atoms with van der Waals surface area (Å²) in [5.41, 5.74) is 4.08. The molecule has 1 rings (SSSR count). The van der Waals surface area contributed by atoms with Crippen LogP contribution in [0.5, 0.6) is 0 Å². The summed E-state index contributed by atoms with van der Waals surface area (Å²) in [5.74, 6) is -0.0692. The SMILES string of the molecule is CCC(C)(C(=O)N1CCC(C)(O)C1)C(N)=S. The molecule has 0 spiro atoms. The number of hydrogen-bond donors (Lipinski definition) is 2. The number of thiocarbonyl (C=S) groups is 1. The summed E-state index contributed by atoms with van der Waals surface area (Å²) in [6.45, 7) is 6.34. The highest BCUT2D eigenvalue weighted by Gasteiger charge is 2.42. The smallest absolute Gasteiger partial charge is 0.235 e. The fourth-order valence-electron chi connectivity index (χ4n) is 1.90. The third kappa shape index (κ3) is 2.35. The number of nitrogens with two attached hydrogens (primary N) is 1. The molecule has 1 fully saturated rings. The Balaban J connectivity index is 2.82. The number of carbonyl (C=O) groups is 1. The van der Waals surface area contributed by atoms with Crippen LogP contribution in [0.4, 0.5) is 0 Å². The van der Waals surface area contributed by atoms with Gasteiger partial charge in [0.15, 0.2) is 0 Å². The number of carbonyl (C=O) groups excluding carboxylic acids is 1. The second-order valence-electron chi connectivity index (χ2n) is 5.02. The van der Waals surface area contributed by atoms with Crippen LogP contribution in [-0.4, -0.2) is 39.6 Å². The van der Waals surface area contributed by atoms with Gasteiger partial charge in [-0.1, -0.05) is 19.1 Å². The number of hydrogen-bond acceptors (Lipinski definition) is 3. The lowest BCUT2D eigenvalue weighted by atomic mass is 9.86. The van der Waals surface area contributed by atoms with Gasteiger partial charge in [0.25, 0.3) is 0 Å². The first-order valence-electron chi connectivity index (χ1n) is 5.54. The Morgan fingerprint density at radius 2 is 2.25 bits per heavy atom. The molecule has 1 heterocycles. The van der Waals surface area contributed by atoms with Crippen molar-refractivity contribution in [2.75, 3.05) is 13.1 Å². The topological polar surface area (TPSA) is 66.6 Å².